The Morgan fingerprint density at radius 3 is 2.06 bits per heavy atom. The second-order valence-corrected chi connectivity index (χ2v) is 7.65. The Bertz CT molecular complexity index is 957. The average Bonchev–Trinajstić information content (AvgIpc) is 2.81. The number of benzene rings is 2. The minimum Gasteiger partial charge on any atom is -0.497 e. The third-order valence-electron chi connectivity index (χ3n) is 4.49. The van der Waals surface area contributed by atoms with Crippen LogP contribution in [-0.4, -0.2) is 55.2 Å². The summed E-state index contributed by atoms with van der Waals surface area (Å²) >= 11 is 1.48. The molecule has 0 aliphatic carbocycles. The number of amides is 2. The van der Waals surface area contributed by atoms with E-state index in [1.54, 1.807) is 55.6 Å². The number of carboxylic acid groups (broad SMARTS) is 1. The number of ether oxygens (including phenoxy) is 2. The number of carbonyl (C=O) groups excluding carboxylic acids is 2. The third kappa shape index (κ3) is 7.35. The van der Waals surface area contributed by atoms with Crippen molar-refractivity contribution in [1.29, 1.82) is 0 Å². The Balaban J connectivity index is 2.29. The van der Waals surface area contributed by atoms with Gasteiger partial charge in [0.05, 0.1) is 14.2 Å². The highest BCUT2D eigenvalue weighted by Crippen LogP contribution is 2.15. The van der Waals surface area contributed by atoms with Crippen LogP contribution in [0.4, 0.5) is 0 Å². The largest absolute Gasteiger partial charge is 0.497 e. The second kappa shape index (κ2) is 12.4. The Labute approximate surface area is 191 Å². The van der Waals surface area contributed by atoms with E-state index in [2.05, 4.69) is 10.6 Å². The van der Waals surface area contributed by atoms with E-state index in [0.717, 1.165) is 0 Å². The minimum atomic E-state index is -1.14. The molecule has 0 saturated heterocycles. The maximum absolute atomic E-state index is 12.9. The van der Waals surface area contributed by atoms with Gasteiger partial charge in [-0.1, -0.05) is 12.1 Å². The van der Waals surface area contributed by atoms with Gasteiger partial charge in [-0.2, -0.15) is 11.8 Å². The molecule has 3 N–H and O–H groups in total. The highest BCUT2D eigenvalue weighted by atomic mass is 32.2. The Kier molecular flexibility index (Phi) is 9.62. The fraction of sp³-hybridized carbons (Fsp3) is 0.261. The van der Waals surface area contributed by atoms with Crippen LogP contribution in [0, 0.1) is 0 Å². The summed E-state index contributed by atoms with van der Waals surface area (Å²) in [6, 6.07) is 12.2. The van der Waals surface area contributed by atoms with E-state index in [9.17, 15) is 19.5 Å². The zero-order valence-electron chi connectivity index (χ0n) is 18.1. The monoisotopic (exact) mass is 458 g/mol. The summed E-state index contributed by atoms with van der Waals surface area (Å²) in [6.07, 6.45) is 3.58. The highest BCUT2D eigenvalue weighted by Gasteiger charge is 2.23. The van der Waals surface area contributed by atoms with Gasteiger partial charge >= 0.3 is 5.97 Å². The molecular formula is C23H26N2O6S. The second-order valence-electron chi connectivity index (χ2n) is 6.66. The van der Waals surface area contributed by atoms with Crippen molar-refractivity contribution in [3.05, 3.63) is 65.4 Å². The SMILES string of the molecule is COc1ccc(/C=C(\NC(=O)c2ccc(OC)cc2)C(=O)N[C@@H](CCSC)C(=O)O)cc1. The molecule has 9 heteroatoms. The Hall–Kier alpha value is -3.46. The summed E-state index contributed by atoms with van der Waals surface area (Å²) in [5.41, 5.74) is 0.866. The number of carboxylic acids is 1. The summed E-state index contributed by atoms with van der Waals surface area (Å²) in [5, 5.41) is 14.5. The minimum absolute atomic E-state index is 0.0774. The van der Waals surface area contributed by atoms with Crippen LogP contribution in [-0.2, 0) is 9.59 Å². The van der Waals surface area contributed by atoms with E-state index in [0.29, 0.717) is 28.4 Å². The number of nitrogens with one attached hydrogen (secondary N) is 2. The molecule has 0 bridgehead atoms. The maximum atomic E-state index is 12.9. The molecule has 1 atom stereocenters. The molecule has 2 aromatic rings. The van der Waals surface area contributed by atoms with Crippen LogP contribution >= 0.6 is 11.8 Å². The van der Waals surface area contributed by atoms with Gasteiger partial charge in [-0.25, -0.2) is 4.79 Å². The van der Waals surface area contributed by atoms with Crippen molar-refractivity contribution in [1.82, 2.24) is 10.6 Å². The molecule has 170 valence electrons. The summed E-state index contributed by atoms with van der Waals surface area (Å²) in [7, 11) is 3.06. The van der Waals surface area contributed by atoms with Gasteiger partial charge in [0.15, 0.2) is 0 Å². The fourth-order valence-corrected chi connectivity index (χ4v) is 3.16. The number of carbonyl (C=O) groups is 3. The van der Waals surface area contributed by atoms with Crippen LogP contribution < -0.4 is 20.1 Å². The molecule has 2 amide bonds. The molecule has 0 heterocycles. The van der Waals surface area contributed by atoms with Crippen molar-refractivity contribution in [3.8, 4) is 11.5 Å². The number of methoxy groups -OCH3 is 2. The molecule has 0 aliphatic heterocycles. The Morgan fingerprint density at radius 2 is 1.56 bits per heavy atom. The molecule has 0 unspecified atom stereocenters. The zero-order chi connectivity index (χ0) is 23.5. The lowest BCUT2D eigenvalue weighted by molar-refractivity contribution is -0.141. The quantitative estimate of drug-likeness (QED) is 0.444. The predicted octanol–water partition coefficient (Wildman–Crippen LogP) is 2.80. The molecule has 2 aromatic carbocycles. The summed E-state index contributed by atoms with van der Waals surface area (Å²) in [4.78, 5) is 37.2. The number of rotatable bonds is 11. The molecule has 2 rings (SSSR count). The van der Waals surface area contributed by atoms with Crippen LogP contribution in [0.3, 0.4) is 0 Å². The predicted molar refractivity (Wildman–Crippen MR) is 124 cm³/mol. The molecule has 0 spiro atoms. The van der Waals surface area contributed by atoms with Gasteiger partial charge in [0, 0.05) is 5.56 Å². The van der Waals surface area contributed by atoms with Crippen molar-refractivity contribution in [2.24, 2.45) is 0 Å². The van der Waals surface area contributed by atoms with Crippen molar-refractivity contribution in [3.63, 3.8) is 0 Å². The average molecular weight is 459 g/mol. The van der Waals surface area contributed by atoms with Gasteiger partial charge in [-0.3, -0.25) is 9.59 Å². The van der Waals surface area contributed by atoms with Crippen LogP contribution in [0.15, 0.2) is 54.2 Å². The van der Waals surface area contributed by atoms with Crippen LogP contribution in [0.2, 0.25) is 0 Å². The van der Waals surface area contributed by atoms with Crippen molar-refractivity contribution in [2.75, 3.05) is 26.2 Å². The number of thioether (sulfide) groups is 1. The zero-order valence-corrected chi connectivity index (χ0v) is 18.9. The van der Waals surface area contributed by atoms with E-state index >= 15 is 0 Å². The van der Waals surface area contributed by atoms with Gasteiger partial charge in [0.1, 0.15) is 23.2 Å². The topological polar surface area (TPSA) is 114 Å². The van der Waals surface area contributed by atoms with E-state index in [4.69, 9.17) is 9.47 Å². The van der Waals surface area contributed by atoms with E-state index in [1.165, 1.54) is 24.9 Å². The lowest BCUT2D eigenvalue weighted by Crippen LogP contribution is -2.44. The van der Waals surface area contributed by atoms with Crippen molar-refractivity contribution < 1.29 is 29.0 Å². The summed E-state index contributed by atoms with van der Waals surface area (Å²) in [5.74, 6) is -0.565. The van der Waals surface area contributed by atoms with Gasteiger partial charge in [0.2, 0.25) is 0 Å². The standard InChI is InChI=1S/C23H26N2O6S/c1-30-17-8-4-15(5-9-17)14-20(22(27)24-19(23(28)29)12-13-32-3)25-21(26)16-6-10-18(31-2)11-7-16/h4-11,14,19H,12-13H2,1-3H3,(H,24,27)(H,25,26)(H,28,29)/b20-14-/t19-/m0/s1. The highest BCUT2D eigenvalue weighted by molar-refractivity contribution is 7.98. The molecule has 8 nitrogen and oxygen atoms in total. The Morgan fingerprint density at radius 1 is 1.00 bits per heavy atom. The molecule has 0 aliphatic rings. The van der Waals surface area contributed by atoms with Crippen LogP contribution in [0.25, 0.3) is 6.08 Å². The molecule has 0 radical (unpaired) electrons. The van der Waals surface area contributed by atoms with E-state index in [1.807, 2.05) is 6.26 Å². The number of hydrogen-bond donors (Lipinski definition) is 3. The number of hydrogen-bond acceptors (Lipinski definition) is 6. The summed E-state index contributed by atoms with van der Waals surface area (Å²) < 4.78 is 10.2. The van der Waals surface area contributed by atoms with Crippen LogP contribution in [0.1, 0.15) is 22.3 Å². The van der Waals surface area contributed by atoms with Crippen molar-refractivity contribution >= 4 is 35.6 Å². The first-order valence-electron chi connectivity index (χ1n) is 9.71. The first-order chi connectivity index (χ1) is 15.4. The van der Waals surface area contributed by atoms with Gasteiger partial charge in [-0.15, -0.1) is 0 Å². The smallest absolute Gasteiger partial charge is 0.326 e. The first-order valence-corrected chi connectivity index (χ1v) is 11.1. The molecule has 0 saturated carbocycles. The van der Waals surface area contributed by atoms with Gasteiger partial charge < -0.3 is 25.2 Å². The molecule has 32 heavy (non-hydrogen) atoms. The fourth-order valence-electron chi connectivity index (χ4n) is 2.69. The van der Waals surface area contributed by atoms with Crippen LogP contribution in [0.5, 0.6) is 11.5 Å². The van der Waals surface area contributed by atoms with E-state index in [-0.39, 0.29) is 12.1 Å². The third-order valence-corrected chi connectivity index (χ3v) is 5.13. The van der Waals surface area contributed by atoms with E-state index < -0.39 is 23.8 Å². The lowest BCUT2D eigenvalue weighted by Gasteiger charge is -2.16. The van der Waals surface area contributed by atoms with Crippen molar-refractivity contribution in [2.45, 2.75) is 12.5 Å². The number of aliphatic carboxylic acids is 1. The molecule has 0 fully saturated rings. The molecular weight excluding hydrogens is 432 g/mol. The first kappa shape index (κ1) is 24.8. The summed E-state index contributed by atoms with van der Waals surface area (Å²) in [6.45, 7) is 0. The normalized spacial score (nSPS) is 11.9. The van der Waals surface area contributed by atoms with Gasteiger partial charge in [0.25, 0.3) is 11.8 Å². The molecule has 0 aromatic heterocycles. The van der Waals surface area contributed by atoms with Gasteiger partial charge in [-0.05, 0) is 66.5 Å². The lowest BCUT2D eigenvalue weighted by atomic mass is 10.1. The maximum Gasteiger partial charge on any atom is 0.326 e.